The molecule has 1 aliphatic heterocycles. The van der Waals surface area contributed by atoms with Gasteiger partial charge in [0, 0.05) is 19.1 Å². The van der Waals surface area contributed by atoms with Crippen molar-refractivity contribution >= 4 is 6.09 Å². The van der Waals surface area contributed by atoms with Crippen LogP contribution in [0.25, 0.3) is 0 Å². The van der Waals surface area contributed by atoms with Crippen LogP contribution in [-0.2, 0) is 4.74 Å². The van der Waals surface area contributed by atoms with Crippen molar-refractivity contribution in [3.63, 3.8) is 0 Å². The van der Waals surface area contributed by atoms with Crippen molar-refractivity contribution in [2.75, 3.05) is 13.1 Å². The predicted octanol–water partition coefficient (Wildman–Crippen LogP) is 2.51. The molecule has 1 aliphatic rings. The minimum Gasteiger partial charge on any atom is -0.444 e. The first-order valence-corrected chi connectivity index (χ1v) is 6.62. The quantitative estimate of drug-likeness (QED) is 0.710. The van der Waals surface area contributed by atoms with Gasteiger partial charge in [0.25, 0.3) is 0 Å². The number of carbonyl (C=O) groups excluding carboxylic acids is 1. The number of hydrogen-bond acceptors (Lipinski definition) is 3. The fraction of sp³-hybridized carbons (Fsp3) is 0.923. The van der Waals surface area contributed by atoms with Crippen LogP contribution in [-0.4, -0.2) is 35.7 Å². The third-order valence-electron chi connectivity index (χ3n) is 2.86. The lowest BCUT2D eigenvalue weighted by Gasteiger charge is -2.28. The third kappa shape index (κ3) is 5.91. The Labute approximate surface area is 104 Å². The van der Waals surface area contributed by atoms with Crippen molar-refractivity contribution in [3.05, 3.63) is 0 Å². The second kappa shape index (κ2) is 6.24. The highest BCUT2D eigenvalue weighted by atomic mass is 16.6. The zero-order valence-corrected chi connectivity index (χ0v) is 11.4. The Balaban J connectivity index is 2.55. The fourth-order valence-electron chi connectivity index (χ4n) is 2.02. The summed E-state index contributed by atoms with van der Waals surface area (Å²) in [4.78, 5) is 13.7. The normalized spacial score (nSPS) is 23.5. The average Bonchev–Trinajstić information content (AvgIpc) is 2.27. The predicted molar refractivity (Wildman–Crippen MR) is 68.9 cm³/mol. The summed E-state index contributed by atoms with van der Waals surface area (Å²) < 4.78 is 5.39. The molecule has 4 nitrogen and oxygen atoms in total. The minimum absolute atomic E-state index is 0.0839. The van der Waals surface area contributed by atoms with E-state index in [1.807, 2.05) is 20.8 Å². The Kier molecular flexibility index (Phi) is 5.25. The van der Waals surface area contributed by atoms with Gasteiger partial charge < -0.3 is 15.4 Å². The van der Waals surface area contributed by atoms with Gasteiger partial charge in [0.2, 0.25) is 0 Å². The van der Waals surface area contributed by atoms with Gasteiger partial charge in [-0.15, -0.1) is 0 Å². The topological polar surface area (TPSA) is 55.6 Å². The molecule has 100 valence electrons. The van der Waals surface area contributed by atoms with E-state index in [1.54, 1.807) is 4.90 Å². The summed E-state index contributed by atoms with van der Waals surface area (Å²) in [6, 6.07) is 0.0839. The smallest absolute Gasteiger partial charge is 0.410 e. The zero-order chi connectivity index (χ0) is 12.9. The summed E-state index contributed by atoms with van der Waals surface area (Å²) >= 11 is 0. The highest BCUT2D eigenvalue weighted by Gasteiger charge is 2.23. The summed E-state index contributed by atoms with van der Waals surface area (Å²) in [5.74, 6) is 0. The molecule has 0 aliphatic carbocycles. The molecule has 0 spiro atoms. The lowest BCUT2D eigenvalue weighted by molar-refractivity contribution is 0.0238. The van der Waals surface area contributed by atoms with E-state index in [2.05, 4.69) is 0 Å². The summed E-state index contributed by atoms with van der Waals surface area (Å²) in [5, 5.41) is 0. The molecule has 4 heteroatoms. The van der Waals surface area contributed by atoms with Crippen LogP contribution in [0.3, 0.4) is 0 Å². The highest BCUT2D eigenvalue weighted by Crippen LogP contribution is 2.14. The number of amides is 1. The number of carbonyl (C=O) groups is 1. The van der Waals surface area contributed by atoms with E-state index in [0.717, 1.165) is 19.4 Å². The van der Waals surface area contributed by atoms with Crippen LogP contribution in [0, 0.1) is 0 Å². The molecule has 0 bridgehead atoms. The Morgan fingerprint density at radius 1 is 1.24 bits per heavy atom. The number of nitrogens with zero attached hydrogens (tertiary/aromatic N) is 1. The molecular weight excluding hydrogens is 216 g/mol. The Morgan fingerprint density at radius 2 is 1.88 bits per heavy atom. The van der Waals surface area contributed by atoms with Crippen LogP contribution in [0.4, 0.5) is 4.79 Å². The molecule has 1 rings (SSSR count). The van der Waals surface area contributed by atoms with Gasteiger partial charge in [0.15, 0.2) is 0 Å². The van der Waals surface area contributed by atoms with Crippen LogP contribution in [0.15, 0.2) is 0 Å². The lowest BCUT2D eigenvalue weighted by Crippen LogP contribution is -2.43. The van der Waals surface area contributed by atoms with Gasteiger partial charge in [0.05, 0.1) is 0 Å². The van der Waals surface area contributed by atoms with Crippen LogP contribution in [0.1, 0.15) is 52.9 Å². The molecule has 0 aromatic heterocycles. The van der Waals surface area contributed by atoms with Crippen molar-refractivity contribution < 1.29 is 9.53 Å². The van der Waals surface area contributed by atoms with Crippen molar-refractivity contribution in [3.8, 4) is 0 Å². The van der Waals surface area contributed by atoms with Crippen LogP contribution in [0.5, 0.6) is 0 Å². The molecule has 17 heavy (non-hydrogen) atoms. The molecule has 1 amide bonds. The second-order valence-corrected chi connectivity index (χ2v) is 5.89. The van der Waals surface area contributed by atoms with Crippen LogP contribution in [0.2, 0.25) is 0 Å². The van der Waals surface area contributed by atoms with E-state index >= 15 is 0 Å². The number of rotatable bonds is 0. The molecule has 1 saturated heterocycles. The van der Waals surface area contributed by atoms with E-state index in [0.29, 0.717) is 6.54 Å². The van der Waals surface area contributed by atoms with E-state index in [4.69, 9.17) is 10.5 Å². The van der Waals surface area contributed by atoms with Crippen molar-refractivity contribution in [1.82, 2.24) is 4.90 Å². The molecule has 0 saturated carbocycles. The Bertz CT molecular complexity index is 248. The first-order valence-electron chi connectivity index (χ1n) is 6.62. The van der Waals surface area contributed by atoms with Crippen molar-refractivity contribution in [2.24, 2.45) is 5.73 Å². The standard InChI is InChI=1S/C13H26N2O2/c1-13(2,3)17-12(16)15-9-7-5-4-6-8-11(14)10-15/h11H,4-10,14H2,1-3H3. The summed E-state index contributed by atoms with van der Waals surface area (Å²) in [5.41, 5.74) is 5.59. The molecule has 1 heterocycles. The first kappa shape index (κ1) is 14.3. The SMILES string of the molecule is CC(C)(C)OC(=O)N1CCCCCCC(N)C1. The van der Waals surface area contributed by atoms with Gasteiger partial charge in [-0.25, -0.2) is 4.79 Å². The third-order valence-corrected chi connectivity index (χ3v) is 2.86. The maximum absolute atomic E-state index is 12.0. The molecular formula is C13H26N2O2. The molecule has 1 unspecified atom stereocenters. The van der Waals surface area contributed by atoms with Gasteiger partial charge in [-0.1, -0.05) is 19.3 Å². The second-order valence-electron chi connectivity index (χ2n) is 5.89. The lowest BCUT2D eigenvalue weighted by atomic mass is 10.1. The molecule has 0 aromatic carbocycles. The first-order chi connectivity index (χ1) is 7.88. The van der Waals surface area contributed by atoms with E-state index in [1.165, 1.54) is 19.3 Å². The molecule has 0 radical (unpaired) electrons. The zero-order valence-electron chi connectivity index (χ0n) is 11.4. The van der Waals surface area contributed by atoms with Crippen LogP contribution >= 0.6 is 0 Å². The van der Waals surface area contributed by atoms with Gasteiger partial charge in [-0.05, 0) is 33.6 Å². The maximum atomic E-state index is 12.0. The van der Waals surface area contributed by atoms with E-state index in [9.17, 15) is 4.79 Å². The number of nitrogens with two attached hydrogens (primary N) is 1. The average molecular weight is 242 g/mol. The van der Waals surface area contributed by atoms with Gasteiger partial charge in [-0.3, -0.25) is 0 Å². The number of ether oxygens (including phenoxy) is 1. The number of hydrogen-bond donors (Lipinski definition) is 1. The monoisotopic (exact) mass is 242 g/mol. The minimum atomic E-state index is -0.431. The fourth-order valence-corrected chi connectivity index (χ4v) is 2.02. The summed E-state index contributed by atoms with van der Waals surface area (Å²) in [7, 11) is 0. The molecule has 2 N–H and O–H groups in total. The molecule has 0 aromatic rings. The van der Waals surface area contributed by atoms with Gasteiger partial charge in [-0.2, -0.15) is 0 Å². The van der Waals surface area contributed by atoms with Crippen LogP contribution < -0.4 is 5.73 Å². The largest absolute Gasteiger partial charge is 0.444 e. The summed E-state index contributed by atoms with van der Waals surface area (Å²) in [6.07, 6.45) is 5.38. The van der Waals surface area contributed by atoms with Crippen molar-refractivity contribution in [1.29, 1.82) is 0 Å². The Morgan fingerprint density at radius 3 is 2.53 bits per heavy atom. The molecule has 1 atom stereocenters. The summed E-state index contributed by atoms with van der Waals surface area (Å²) in [6.45, 7) is 7.06. The van der Waals surface area contributed by atoms with Gasteiger partial charge in [0.1, 0.15) is 5.60 Å². The highest BCUT2D eigenvalue weighted by molar-refractivity contribution is 5.68. The van der Waals surface area contributed by atoms with E-state index in [-0.39, 0.29) is 12.1 Å². The Hall–Kier alpha value is -0.770. The maximum Gasteiger partial charge on any atom is 0.410 e. The van der Waals surface area contributed by atoms with Crippen molar-refractivity contribution in [2.45, 2.75) is 64.5 Å². The van der Waals surface area contributed by atoms with Gasteiger partial charge >= 0.3 is 6.09 Å². The molecule has 1 fully saturated rings. The van der Waals surface area contributed by atoms with E-state index < -0.39 is 5.60 Å².